The minimum Gasteiger partial charge on any atom is -0.356 e. The lowest BCUT2D eigenvalue weighted by atomic mass is 9.98. The summed E-state index contributed by atoms with van der Waals surface area (Å²) in [6, 6.07) is -2.92. The summed E-state index contributed by atoms with van der Waals surface area (Å²) in [7, 11) is 0. The van der Waals surface area contributed by atoms with Gasteiger partial charge in [-0.05, 0) is 51.9 Å². The lowest BCUT2D eigenvalue weighted by molar-refractivity contribution is -0.131. The van der Waals surface area contributed by atoms with Crippen LogP contribution in [0.15, 0.2) is 0 Å². The van der Waals surface area contributed by atoms with Crippen molar-refractivity contribution in [3.8, 4) is 0 Å². The van der Waals surface area contributed by atoms with Gasteiger partial charge in [0.15, 0.2) is 0 Å². The van der Waals surface area contributed by atoms with E-state index in [9.17, 15) is 24.0 Å². The summed E-state index contributed by atoms with van der Waals surface area (Å²) in [6.45, 7) is 9.71. The molecule has 10 nitrogen and oxygen atoms in total. The number of rotatable bonds is 11. The van der Waals surface area contributed by atoms with Crippen LogP contribution < -0.4 is 26.6 Å². The van der Waals surface area contributed by atoms with Gasteiger partial charge in [0, 0.05) is 18.0 Å². The smallest absolute Gasteiger partial charge is 0.315 e. The normalized spacial score (nSPS) is 20.9. The molecule has 10 heteroatoms. The molecule has 2 rings (SSSR count). The molecule has 33 heavy (non-hydrogen) atoms. The fourth-order valence-electron chi connectivity index (χ4n) is 3.84. The SMILES string of the molecule is CC(C)C(NC(=O)NC(C)(C)C)C(=O)NC(CC1CC1)C(=O)NC(C=O)C[C@@H]1CCNC1=O. The van der Waals surface area contributed by atoms with E-state index in [4.69, 9.17) is 0 Å². The summed E-state index contributed by atoms with van der Waals surface area (Å²) >= 11 is 0. The second-order valence-electron chi connectivity index (χ2n) is 10.6. The van der Waals surface area contributed by atoms with Crippen molar-refractivity contribution in [3.63, 3.8) is 0 Å². The Balaban J connectivity index is 2.02. The van der Waals surface area contributed by atoms with Gasteiger partial charge in [0.1, 0.15) is 18.4 Å². The first-order chi connectivity index (χ1) is 15.4. The Morgan fingerprint density at radius 1 is 1.03 bits per heavy atom. The maximum atomic E-state index is 13.0. The highest BCUT2D eigenvalue weighted by Gasteiger charge is 2.35. The summed E-state index contributed by atoms with van der Waals surface area (Å²) in [4.78, 5) is 61.7. The molecule has 0 bridgehead atoms. The third kappa shape index (κ3) is 9.01. The Kier molecular flexibility index (Phi) is 9.25. The summed E-state index contributed by atoms with van der Waals surface area (Å²) in [6.07, 6.45) is 3.92. The highest BCUT2D eigenvalue weighted by Crippen LogP contribution is 2.33. The molecule has 1 heterocycles. The van der Waals surface area contributed by atoms with Crippen LogP contribution in [0.2, 0.25) is 0 Å². The van der Waals surface area contributed by atoms with Gasteiger partial charge in [-0.3, -0.25) is 14.4 Å². The van der Waals surface area contributed by atoms with Crippen LogP contribution >= 0.6 is 0 Å². The van der Waals surface area contributed by atoms with Crippen molar-refractivity contribution in [2.45, 2.75) is 90.4 Å². The fraction of sp³-hybridized carbons (Fsp3) is 0.783. The quantitative estimate of drug-likeness (QED) is 0.284. The highest BCUT2D eigenvalue weighted by molar-refractivity contribution is 5.93. The van der Waals surface area contributed by atoms with Gasteiger partial charge in [-0.15, -0.1) is 0 Å². The van der Waals surface area contributed by atoms with Crippen molar-refractivity contribution >= 4 is 30.0 Å². The van der Waals surface area contributed by atoms with Crippen LogP contribution in [0.5, 0.6) is 0 Å². The zero-order valence-corrected chi connectivity index (χ0v) is 20.3. The van der Waals surface area contributed by atoms with Crippen molar-refractivity contribution in [1.29, 1.82) is 0 Å². The topological polar surface area (TPSA) is 146 Å². The number of carbonyl (C=O) groups excluding carboxylic acids is 5. The van der Waals surface area contributed by atoms with E-state index in [1.54, 1.807) is 0 Å². The fourth-order valence-corrected chi connectivity index (χ4v) is 3.84. The van der Waals surface area contributed by atoms with Gasteiger partial charge in [0.2, 0.25) is 17.7 Å². The Morgan fingerprint density at radius 2 is 1.70 bits per heavy atom. The van der Waals surface area contributed by atoms with E-state index in [0.29, 0.717) is 31.6 Å². The Morgan fingerprint density at radius 3 is 2.18 bits per heavy atom. The van der Waals surface area contributed by atoms with Gasteiger partial charge in [-0.2, -0.15) is 0 Å². The molecule has 1 saturated heterocycles. The Hall–Kier alpha value is -2.65. The molecule has 5 N–H and O–H groups in total. The predicted molar refractivity (Wildman–Crippen MR) is 123 cm³/mol. The van der Waals surface area contributed by atoms with Gasteiger partial charge < -0.3 is 31.4 Å². The number of hydrogen-bond donors (Lipinski definition) is 5. The number of aldehydes is 1. The second kappa shape index (κ2) is 11.5. The average Bonchev–Trinajstić information content (AvgIpc) is 3.43. The zero-order valence-electron chi connectivity index (χ0n) is 20.3. The summed E-state index contributed by atoms with van der Waals surface area (Å²) in [5.41, 5.74) is -0.462. The van der Waals surface area contributed by atoms with Gasteiger partial charge in [-0.1, -0.05) is 26.7 Å². The maximum Gasteiger partial charge on any atom is 0.315 e. The molecule has 3 unspecified atom stereocenters. The van der Waals surface area contributed by atoms with E-state index < -0.39 is 41.5 Å². The molecule has 0 radical (unpaired) electrons. The predicted octanol–water partition coefficient (Wildman–Crippen LogP) is 0.604. The van der Waals surface area contributed by atoms with E-state index in [1.165, 1.54) is 0 Å². The molecule has 0 spiro atoms. The number of hydrogen-bond acceptors (Lipinski definition) is 5. The molecule has 0 aromatic rings. The number of carbonyl (C=O) groups is 5. The van der Waals surface area contributed by atoms with Crippen LogP contribution in [0, 0.1) is 17.8 Å². The van der Waals surface area contributed by atoms with E-state index in [2.05, 4.69) is 26.6 Å². The Bertz CT molecular complexity index is 744. The minimum absolute atomic E-state index is 0.113. The molecule has 1 aliphatic carbocycles. The summed E-state index contributed by atoms with van der Waals surface area (Å²) in [5.74, 6) is -1.19. The van der Waals surface area contributed by atoms with Crippen LogP contribution in [0.1, 0.15) is 66.7 Å². The van der Waals surface area contributed by atoms with Gasteiger partial charge in [-0.25, -0.2) is 4.79 Å². The minimum atomic E-state index is -0.828. The number of amides is 5. The molecule has 2 aliphatic rings. The molecular formula is C23H39N5O5. The second-order valence-corrected chi connectivity index (χ2v) is 10.6. The van der Waals surface area contributed by atoms with Crippen LogP contribution in [0.25, 0.3) is 0 Å². The van der Waals surface area contributed by atoms with Crippen LogP contribution in [0.3, 0.4) is 0 Å². The Labute approximate surface area is 195 Å². The molecule has 0 aromatic heterocycles. The van der Waals surface area contributed by atoms with E-state index in [-0.39, 0.29) is 24.2 Å². The zero-order chi connectivity index (χ0) is 24.8. The lowest BCUT2D eigenvalue weighted by Crippen LogP contribution is -2.59. The molecule has 186 valence electrons. The van der Waals surface area contributed by atoms with E-state index >= 15 is 0 Å². The van der Waals surface area contributed by atoms with Gasteiger partial charge in [0.05, 0.1) is 6.04 Å². The van der Waals surface area contributed by atoms with Crippen LogP contribution in [0.4, 0.5) is 4.79 Å². The van der Waals surface area contributed by atoms with Gasteiger partial charge >= 0.3 is 6.03 Å². The molecular weight excluding hydrogens is 426 g/mol. The largest absolute Gasteiger partial charge is 0.356 e. The third-order valence-corrected chi connectivity index (χ3v) is 5.82. The van der Waals surface area contributed by atoms with Crippen LogP contribution in [-0.4, -0.2) is 60.2 Å². The summed E-state index contributed by atoms with van der Waals surface area (Å²) < 4.78 is 0. The maximum absolute atomic E-state index is 13.0. The molecule has 0 aromatic carbocycles. The highest BCUT2D eigenvalue weighted by atomic mass is 16.2. The van der Waals surface area contributed by atoms with Crippen molar-refractivity contribution < 1.29 is 24.0 Å². The number of urea groups is 1. The average molecular weight is 466 g/mol. The molecule has 1 saturated carbocycles. The third-order valence-electron chi connectivity index (χ3n) is 5.82. The lowest BCUT2D eigenvalue weighted by Gasteiger charge is -2.28. The van der Waals surface area contributed by atoms with Crippen molar-refractivity contribution in [2.75, 3.05) is 6.54 Å². The molecule has 2 fully saturated rings. The van der Waals surface area contributed by atoms with E-state index in [0.717, 1.165) is 12.8 Å². The van der Waals surface area contributed by atoms with Crippen molar-refractivity contribution in [3.05, 3.63) is 0 Å². The molecule has 1 aliphatic heterocycles. The molecule has 4 atom stereocenters. The standard InChI is InChI=1S/C23H39N5O5/c1-13(2)18(27-22(33)28-23(3,4)5)21(32)26-17(10-14-6-7-14)20(31)25-16(12-29)11-15-8-9-24-19(15)30/h12-18H,6-11H2,1-5H3,(H,24,30)(H,25,31)(H,26,32)(H2,27,28,33)/t15-,16?,17?,18?/m0/s1. The first-order valence-electron chi connectivity index (χ1n) is 11.8. The van der Waals surface area contributed by atoms with Crippen molar-refractivity contribution in [2.24, 2.45) is 17.8 Å². The van der Waals surface area contributed by atoms with Crippen LogP contribution in [-0.2, 0) is 19.2 Å². The van der Waals surface area contributed by atoms with Gasteiger partial charge in [0.25, 0.3) is 0 Å². The van der Waals surface area contributed by atoms with Crippen molar-refractivity contribution in [1.82, 2.24) is 26.6 Å². The molecule has 5 amide bonds. The number of nitrogens with one attached hydrogen (secondary N) is 5. The monoisotopic (exact) mass is 465 g/mol. The first kappa shape index (κ1) is 26.6. The summed E-state index contributed by atoms with van der Waals surface area (Å²) in [5, 5.41) is 13.7. The van der Waals surface area contributed by atoms with E-state index in [1.807, 2.05) is 34.6 Å². The first-order valence-corrected chi connectivity index (χ1v) is 11.8.